The maximum Gasteiger partial charge on any atom is 0.332 e. The number of primary amides is 1. The molecule has 1 aromatic rings. The van der Waals surface area contributed by atoms with Crippen LogP contribution in [0, 0.1) is 0 Å². The number of nitrogens with two attached hydrogens (primary N) is 1. The number of anilines is 1. The molecule has 0 aromatic carbocycles. The quantitative estimate of drug-likeness (QED) is 0.749. The van der Waals surface area contributed by atoms with E-state index in [2.05, 4.69) is 18.1 Å². The molecule has 3 rings (SSSR count). The number of nitrogens with zero attached hydrogens (tertiary/aromatic N) is 1. The number of urea groups is 1. The molecule has 0 aliphatic heterocycles. The minimum atomic E-state index is -0.474. The van der Waals surface area contributed by atoms with E-state index in [1.807, 2.05) is 0 Å². The molecule has 0 atom stereocenters. The molecule has 1 heterocycles. The van der Waals surface area contributed by atoms with Gasteiger partial charge < -0.3 is 11.1 Å². The predicted octanol–water partition coefficient (Wildman–Crippen LogP) is 2.25. The summed E-state index contributed by atoms with van der Waals surface area (Å²) in [5, 5.41) is 3.42. The van der Waals surface area contributed by atoms with E-state index >= 15 is 0 Å². The monoisotopic (exact) mass is 311 g/mol. The van der Waals surface area contributed by atoms with Crippen LogP contribution in [0.4, 0.5) is 9.80 Å². The lowest BCUT2D eigenvalue weighted by molar-refractivity contribution is 0.100. The number of hydrogen-bond acceptors (Lipinski definition) is 4. The fourth-order valence-electron chi connectivity index (χ4n) is 2.51. The Morgan fingerprint density at radius 2 is 2.00 bits per heavy atom. The van der Waals surface area contributed by atoms with Crippen LogP contribution in [-0.2, 0) is 12.8 Å². The van der Waals surface area contributed by atoms with Gasteiger partial charge in [0.25, 0.3) is 5.91 Å². The number of thiol groups is 1. The Hall–Kier alpha value is -1.21. The molecule has 20 heavy (non-hydrogen) atoms. The van der Waals surface area contributed by atoms with E-state index in [9.17, 15) is 9.59 Å². The third-order valence-electron chi connectivity index (χ3n) is 3.69. The van der Waals surface area contributed by atoms with Crippen molar-refractivity contribution in [3.63, 3.8) is 0 Å². The van der Waals surface area contributed by atoms with Crippen LogP contribution in [0.25, 0.3) is 0 Å². The third-order valence-corrected chi connectivity index (χ3v) is 5.48. The Labute approximate surface area is 127 Å². The van der Waals surface area contributed by atoms with Crippen molar-refractivity contribution in [1.82, 2.24) is 5.32 Å². The zero-order chi connectivity index (χ0) is 14.3. The van der Waals surface area contributed by atoms with Gasteiger partial charge in [-0.1, -0.05) is 12.8 Å². The average Bonchev–Trinajstić information content (AvgIpc) is 3.14. The Kier molecular flexibility index (Phi) is 3.64. The Morgan fingerprint density at radius 1 is 1.30 bits per heavy atom. The van der Waals surface area contributed by atoms with Crippen LogP contribution in [-0.4, -0.2) is 18.0 Å². The van der Waals surface area contributed by atoms with Crippen molar-refractivity contribution in [2.24, 2.45) is 5.73 Å². The predicted molar refractivity (Wildman–Crippen MR) is 82.5 cm³/mol. The van der Waals surface area contributed by atoms with Gasteiger partial charge in [0.15, 0.2) is 0 Å². The second kappa shape index (κ2) is 5.29. The summed E-state index contributed by atoms with van der Waals surface area (Å²) in [7, 11) is 0. The second-order valence-electron chi connectivity index (χ2n) is 5.29. The topological polar surface area (TPSA) is 75.4 Å². The molecule has 2 aliphatic rings. The summed E-state index contributed by atoms with van der Waals surface area (Å²) in [6.07, 6.45) is 6.01. The Morgan fingerprint density at radius 3 is 2.65 bits per heavy atom. The highest BCUT2D eigenvalue weighted by atomic mass is 32.1. The highest BCUT2D eigenvalue weighted by Gasteiger charge is 2.31. The van der Waals surface area contributed by atoms with Gasteiger partial charge in [0, 0.05) is 10.9 Å². The number of carbonyl (C=O) groups is 2. The van der Waals surface area contributed by atoms with Gasteiger partial charge in [-0.3, -0.25) is 4.79 Å². The standard InChI is InChI=1S/C13H17N3O2S2/c14-11(17)10-8-3-1-2-4-9(8)20-12(10)16(19)13(18)15-7-5-6-7/h7,19H,1-6H2,(H2,14,17)(H,15,18). The summed E-state index contributed by atoms with van der Waals surface area (Å²) in [5.41, 5.74) is 7.00. The summed E-state index contributed by atoms with van der Waals surface area (Å²) < 4.78 is 1.24. The molecule has 0 bridgehead atoms. The van der Waals surface area contributed by atoms with Crippen LogP contribution in [0.3, 0.4) is 0 Å². The number of nitrogens with one attached hydrogen (secondary N) is 1. The van der Waals surface area contributed by atoms with Gasteiger partial charge in [-0.25, -0.2) is 9.10 Å². The van der Waals surface area contributed by atoms with Gasteiger partial charge in [0.05, 0.1) is 5.56 Å². The molecule has 1 fully saturated rings. The molecular formula is C13H17N3O2S2. The lowest BCUT2D eigenvalue weighted by atomic mass is 9.95. The van der Waals surface area contributed by atoms with Crippen molar-refractivity contribution < 1.29 is 9.59 Å². The first-order valence-electron chi connectivity index (χ1n) is 6.81. The van der Waals surface area contributed by atoms with Crippen molar-refractivity contribution in [3.05, 3.63) is 16.0 Å². The molecule has 1 aromatic heterocycles. The van der Waals surface area contributed by atoms with Gasteiger partial charge in [-0.2, -0.15) is 0 Å². The fourth-order valence-corrected chi connectivity index (χ4v) is 4.09. The van der Waals surface area contributed by atoms with Crippen molar-refractivity contribution >= 4 is 41.1 Å². The average molecular weight is 311 g/mol. The van der Waals surface area contributed by atoms with Crippen LogP contribution in [0.1, 0.15) is 46.5 Å². The fraction of sp³-hybridized carbons (Fsp3) is 0.538. The normalized spacial score (nSPS) is 17.4. The van der Waals surface area contributed by atoms with Crippen molar-refractivity contribution in [2.45, 2.75) is 44.6 Å². The first-order chi connectivity index (χ1) is 9.58. The summed E-state index contributed by atoms with van der Waals surface area (Å²) in [6.45, 7) is 0. The first kappa shape index (κ1) is 13.8. The summed E-state index contributed by atoms with van der Waals surface area (Å²) >= 11 is 5.73. The highest BCUT2D eigenvalue weighted by molar-refractivity contribution is 7.83. The molecule has 0 saturated heterocycles. The molecule has 0 radical (unpaired) electrons. The minimum Gasteiger partial charge on any atom is -0.365 e. The highest BCUT2D eigenvalue weighted by Crippen LogP contribution is 2.40. The van der Waals surface area contributed by atoms with Crippen LogP contribution in [0.5, 0.6) is 0 Å². The zero-order valence-electron chi connectivity index (χ0n) is 11.0. The Bertz CT molecular complexity index is 566. The van der Waals surface area contributed by atoms with Crippen LogP contribution >= 0.6 is 24.2 Å². The van der Waals surface area contributed by atoms with Gasteiger partial charge in [0.2, 0.25) is 0 Å². The molecule has 108 valence electrons. The van der Waals surface area contributed by atoms with E-state index in [0.717, 1.165) is 44.1 Å². The lowest BCUT2D eigenvalue weighted by Crippen LogP contribution is -2.35. The molecule has 7 heteroatoms. The Balaban J connectivity index is 1.92. The van der Waals surface area contributed by atoms with E-state index in [4.69, 9.17) is 5.73 Å². The first-order valence-corrected chi connectivity index (χ1v) is 8.03. The van der Waals surface area contributed by atoms with Crippen molar-refractivity contribution in [3.8, 4) is 0 Å². The number of thiophene rings is 1. The molecule has 0 spiro atoms. The molecule has 0 unspecified atom stereocenters. The molecule has 5 nitrogen and oxygen atoms in total. The van der Waals surface area contributed by atoms with Crippen LogP contribution < -0.4 is 15.4 Å². The zero-order valence-corrected chi connectivity index (χ0v) is 12.7. The van der Waals surface area contributed by atoms with Gasteiger partial charge in [-0.15, -0.1) is 11.3 Å². The number of aryl methyl sites for hydroxylation is 1. The maximum absolute atomic E-state index is 12.1. The van der Waals surface area contributed by atoms with E-state index in [1.165, 1.54) is 20.5 Å². The van der Waals surface area contributed by atoms with E-state index in [-0.39, 0.29) is 12.1 Å². The van der Waals surface area contributed by atoms with E-state index < -0.39 is 5.91 Å². The van der Waals surface area contributed by atoms with Gasteiger partial charge >= 0.3 is 6.03 Å². The number of carbonyl (C=O) groups excluding carboxylic acids is 2. The molecule has 1 saturated carbocycles. The SMILES string of the molecule is NC(=O)c1c(N(S)C(=O)NC2CC2)sc2c1CCCC2. The molecule has 3 amide bonds. The van der Waals surface area contributed by atoms with E-state index in [0.29, 0.717) is 10.6 Å². The van der Waals surface area contributed by atoms with Crippen LogP contribution in [0.15, 0.2) is 0 Å². The van der Waals surface area contributed by atoms with Gasteiger partial charge in [0.1, 0.15) is 5.00 Å². The second-order valence-corrected chi connectivity index (χ2v) is 6.77. The maximum atomic E-state index is 12.1. The van der Waals surface area contributed by atoms with E-state index in [1.54, 1.807) is 0 Å². The number of hydrogen-bond donors (Lipinski definition) is 3. The smallest absolute Gasteiger partial charge is 0.332 e. The number of fused-ring (bicyclic) bond motifs is 1. The number of rotatable bonds is 3. The number of amides is 3. The molecule has 2 aliphatic carbocycles. The molecule has 3 N–H and O–H groups in total. The third kappa shape index (κ3) is 2.52. The lowest BCUT2D eigenvalue weighted by Gasteiger charge is -2.16. The summed E-state index contributed by atoms with van der Waals surface area (Å²) in [6, 6.07) is -0.0271. The largest absolute Gasteiger partial charge is 0.365 e. The summed E-state index contributed by atoms with van der Waals surface area (Å²) in [4.78, 5) is 25.0. The molecular weight excluding hydrogens is 294 g/mol. The van der Waals surface area contributed by atoms with Gasteiger partial charge in [-0.05, 0) is 44.1 Å². The van der Waals surface area contributed by atoms with Crippen molar-refractivity contribution in [2.75, 3.05) is 4.31 Å². The van der Waals surface area contributed by atoms with Crippen LogP contribution in [0.2, 0.25) is 0 Å². The minimum absolute atomic E-state index is 0.253. The van der Waals surface area contributed by atoms with Crippen molar-refractivity contribution in [1.29, 1.82) is 0 Å². The summed E-state index contributed by atoms with van der Waals surface area (Å²) in [5.74, 6) is -0.474.